The number of likely N-dealkylation sites (tertiary alicyclic amines) is 1. The molecule has 5 heteroatoms. The quantitative estimate of drug-likeness (QED) is 0.774. The molecule has 0 aromatic heterocycles. The van der Waals surface area contributed by atoms with Crippen LogP contribution in [0.2, 0.25) is 0 Å². The normalized spacial score (nSPS) is 19.9. The maximum Gasteiger partial charge on any atom is 0.328 e. The Morgan fingerprint density at radius 3 is 2.12 bits per heavy atom. The SMILES string of the molecule is CC1(C)CCN(C(=O)NC(C)(C)C(=O)O)CC1. The molecule has 2 amide bonds. The van der Waals surface area contributed by atoms with Gasteiger partial charge in [0.25, 0.3) is 0 Å². The molecule has 0 aromatic rings. The summed E-state index contributed by atoms with van der Waals surface area (Å²) >= 11 is 0. The summed E-state index contributed by atoms with van der Waals surface area (Å²) in [5, 5.41) is 11.5. The van der Waals surface area contributed by atoms with Crippen LogP contribution in [0, 0.1) is 5.41 Å². The van der Waals surface area contributed by atoms with Crippen molar-refractivity contribution in [3.05, 3.63) is 0 Å². The molecule has 5 nitrogen and oxygen atoms in total. The monoisotopic (exact) mass is 242 g/mol. The first kappa shape index (κ1) is 13.8. The van der Waals surface area contributed by atoms with Gasteiger partial charge >= 0.3 is 12.0 Å². The van der Waals surface area contributed by atoms with Crippen molar-refractivity contribution in [2.75, 3.05) is 13.1 Å². The summed E-state index contributed by atoms with van der Waals surface area (Å²) in [6, 6.07) is -0.284. The van der Waals surface area contributed by atoms with E-state index < -0.39 is 11.5 Å². The summed E-state index contributed by atoms with van der Waals surface area (Å²) in [4.78, 5) is 24.5. The number of rotatable bonds is 2. The number of hydrogen-bond acceptors (Lipinski definition) is 2. The highest BCUT2D eigenvalue weighted by Gasteiger charge is 2.33. The molecule has 0 radical (unpaired) electrons. The van der Waals surface area contributed by atoms with Crippen LogP contribution in [0.25, 0.3) is 0 Å². The van der Waals surface area contributed by atoms with Crippen LogP contribution in [0.4, 0.5) is 4.79 Å². The van der Waals surface area contributed by atoms with E-state index in [2.05, 4.69) is 19.2 Å². The van der Waals surface area contributed by atoms with Crippen molar-refractivity contribution in [2.24, 2.45) is 5.41 Å². The minimum Gasteiger partial charge on any atom is -0.480 e. The molecule has 1 aliphatic rings. The Morgan fingerprint density at radius 2 is 1.71 bits per heavy atom. The van der Waals surface area contributed by atoms with Gasteiger partial charge in [-0.25, -0.2) is 9.59 Å². The zero-order valence-electron chi connectivity index (χ0n) is 11.0. The summed E-state index contributed by atoms with van der Waals surface area (Å²) in [5.41, 5.74) is -0.941. The summed E-state index contributed by atoms with van der Waals surface area (Å²) < 4.78 is 0. The van der Waals surface area contributed by atoms with Crippen molar-refractivity contribution in [1.82, 2.24) is 10.2 Å². The van der Waals surface area contributed by atoms with Crippen molar-refractivity contribution in [3.8, 4) is 0 Å². The van der Waals surface area contributed by atoms with Crippen LogP contribution in [-0.4, -0.2) is 40.6 Å². The topological polar surface area (TPSA) is 69.6 Å². The molecule has 1 aliphatic heterocycles. The summed E-state index contributed by atoms with van der Waals surface area (Å²) in [6.45, 7) is 8.72. The van der Waals surface area contributed by atoms with Gasteiger partial charge in [0.2, 0.25) is 0 Å². The Bertz CT molecular complexity index is 314. The van der Waals surface area contributed by atoms with Gasteiger partial charge in [-0.05, 0) is 32.1 Å². The zero-order valence-corrected chi connectivity index (χ0v) is 11.0. The number of carbonyl (C=O) groups is 2. The van der Waals surface area contributed by atoms with Gasteiger partial charge < -0.3 is 15.3 Å². The van der Waals surface area contributed by atoms with Gasteiger partial charge in [0.05, 0.1) is 0 Å². The van der Waals surface area contributed by atoms with Crippen LogP contribution >= 0.6 is 0 Å². The smallest absolute Gasteiger partial charge is 0.328 e. The number of amides is 2. The Morgan fingerprint density at radius 1 is 1.24 bits per heavy atom. The third kappa shape index (κ3) is 3.61. The molecule has 0 unspecified atom stereocenters. The van der Waals surface area contributed by atoms with Crippen LogP contribution in [0.15, 0.2) is 0 Å². The number of carboxylic acid groups (broad SMARTS) is 1. The predicted octanol–water partition coefficient (Wildman–Crippen LogP) is 1.68. The van der Waals surface area contributed by atoms with Crippen LogP contribution < -0.4 is 5.32 Å². The largest absolute Gasteiger partial charge is 0.480 e. The molecule has 1 saturated heterocycles. The Hall–Kier alpha value is -1.26. The molecule has 0 aromatic carbocycles. The molecule has 0 atom stereocenters. The second kappa shape index (κ2) is 4.55. The average Bonchev–Trinajstić information content (AvgIpc) is 2.16. The molecule has 0 bridgehead atoms. The van der Waals surface area contributed by atoms with E-state index in [4.69, 9.17) is 5.11 Å². The van der Waals surface area contributed by atoms with Gasteiger partial charge in [0.1, 0.15) is 5.54 Å². The van der Waals surface area contributed by atoms with Gasteiger partial charge in [0, 0.05) is 13.1 Å². The highest BCUT2D eigenvalue weighted by atomic mass is 16.4. The number of hydrogen-bond donors (Lipinski definition) is 2. The fourth-order valence-corrected chi connectivity index (χ4v) is 1.71. The van der Waals surface area contributed by atoms with Crippen LogP contribution in [-0.2, 0) is 4.79 Å². The molecule has 0 aliphatic carbocycles. The number of nitrogens with zero attached hydrogens (tertiary/aromatic N) is 1. The molecule has 0 saturated carbocycles. The molecule has 1 rings (SSSR count). The molecule has 1 heterocycles. The lowest BCUT2D eigenvalue weighted by molar-refractivity contribution is -0.143. The van der Waals surface area contributed by atoms with Crippen LogP contribution in [0.3, 0.4) is 0 Å². The summed E-state index contributed by atoms with van der Waals surface area (Å²) in [7, 11) is 0. The highest BCUT2D eigenvalue weighted by Crippen LogP contribution is 2.29. The second-order valence-electron chi connectivity index (χ2n) is 6.01. The number of aliphatic carboxylic acids is 1. The number of nitrogens with one attached hydrogen (secondary N) is 1. The Balaban J connectivity index is 2.53. The molecular formula is C12H22N2O3. The fourth-order valence-electron chi connectivity index (χ4n) is 1.71. The van der Waals surface area contributed by atoms with Crippen molar-refractivity contribution in [3.63, 3.8) is 0 Å². The molecule has 2 N–H and O–H groups in total. The summed E-state index contributed by atoms with van der Waals surface area (Å²) in [6.07, 6.45) is 1.90. The van der Waals surface area contributed by atoms with Crippen LogP contribution in [0.5, 0.6) is 0 Å². The van der Waals surface area contributed by atoms with Crippen LogP contribution in [0.1, 0.15) is 40.5 Å². The molecule has 17 heavy (non-hydrogen) atoms. The number of carbonyl (C=O) groups excluding carboxylic acids is 1. The van der Waals surface area contributed by atoms with Gasteiger partial charge in [-0.3, -0.25) is 0 Å². The molecule has 0 spiro atoms. The second-order valence-corrected chi connectivity index (χ2v) is 6.01. The average molecular weight is 242 g/mol. The van der Waals surface area contributed by atoms with E-state index in [1.165, 1.54) is 13.8 Å². The van der Waals surface area contributed by atoms with E-state index in [-0.39, 0.29) is 11.4 Å². The van der Waals surface area contributed by atoms with E-state index in [1.807, 2.05) is 0 Å². The lowest BCUT2D eigenvalue weighted by Crippen LogP contribution is -2.55. The number of piperidine rings is 1. The van der Waals surface area contributed by atoms with E-state index in [9.17, 15) is 9.59 Å². The minimum absolute atomic E-state index is 0.277. The first-order chi connectivity index (χ1) is 7.64. The van der Waals surface area contributed by atoms with Crippen molar-refractivity contribution in [2.45, 2.75) is 46.1 Å². The molecular weight excluding hydrogens is 220 g/mol. The van der Waals surface area contributed by atoms with Gasteiger partial charge in [-0.15, -0.1) is 0 Å². The third-order valence-electron chi connectivity index (χ3n) is 3.36. The lowest BCUT2D eigenvalue weighted by atomic mass is 9.83. The minimum atomic E-state index is -1.22. The van der Waals surface area contributed by atoms with E-state index >= 15 is 0 Å². The van der Waals surface area contributed by atoms with Gasteiger partial charge in [0.15, 0.2) is 0 Å². The van der Waals surface area contributed by atoms with E-state index in [1.54, 1.807) is 4.90 Å². The van der Waals surface area contributed by atoms with E-state index in [0.717, 1.165) is 12.8 Å². The maximum atomic E-state index is 11.9. The zero-order chi connectivity index (χ0) is 13.3. The Labute approximate surface area is 102 Å². The van der Waals surface area contributed by atoms with Crippen molar-refractivity contribution in [1.29, 1.82) is 0 Å². The maximum absolute atomic E-state index is 11.9. The van der Waals surface area contributed by atoms with Gasteiger partial charge in [-0.1, -0.05) is 13.8 Å². The molecule has 1 fully saturated rings. The fraction of sp³-hybridized carbons (Fsp3) is 0.833. The summed E-state index contributed by atoms with van der Waals surface area (Å²) in [5.74, 6) is -1.02. The third-order valence-corrected chi connectivity index (χ3v) is 3.36. The standard InChI is InChI=1S/C12H22N2O3/c1-11(2)5-7-14(8-6-11)10(17)13-12(3,4)9(15)16/h5-8H2,1-4H3,(H,13,17)(H,15,16). The number of urea groups is 1. The first-order valence-corrected chi connectivity index (χ1v) is 5.95. The lowest BCUT2D eigenvalue weighted by Gasteiger charge is -2.38. The van der Waals surface area contributed by atoms with Crippen molar-refractivity contribution >= 4 is 12.0 Å². The Kier molecular flexibility index (Phi) is 3.69. The number of carboxylic acids is 1. The highest BCUT2D eigenvalue weighted by molar-refractivity contribution is 5.85. The predicted molar refractivity (Wildman–Crippen MR) is 64.8 cm³/mol. The van der Waals surface area contributed by atoms with Gasteiger partial charge in [-0.2, -0.15) is 0 Å². The first-order valence-electron chi connectivity index (χ1n) is 5.95. The van der Waals surface area contributed by atoms with E-state index in [0.29, 0.717) is 13.1 Å². The van der Waals surface area contributed by atoms with Crippen molar-refractivity contribution < 1.29 is 14.7 Å². The molecule has 98 valence electrons.